The summed E-state index contributed by atoms with van der Waals surface area (Å²) >= 11 is 0. The van der Waals surface area contributed by atoms with Crippen molar-refractivity contribution in [2.24, 2.45) is 0 Å². The van der Waals surface area contributed by atoms with Crippen molar-refractivity contribution in [3.8, 4) is 0 Å². The first-order valence-corrected chi connectivity index (χ1v) is 4.52. The predicted molar refractivity (Wildman–Crippen MR) is 55.6 cm³/mol. The van der Waals surface area contributed by atoms with Crippen molar-refractivity contribution in [1.29, 1.82) is 0 Å². The molecule has 2 rings (SSSR count). The quantitative estimate of drug-likeness (QED) is 0.812. The molecule has 0 unspecified atom stereocenters. The molecule has 15 heavy (non-hydrogen) atoms. The molecular formula is C11H10N2O2. The van der Waals surface area contributed by atoms with Gasteiger partial charge in [0, 0.05) is 6.20 Å². The van der Waals surface area contributed by atoms with Gasteiger partial charge in [0.05, 0.1) is 11.8 Å². The summed E-state index contributed by atoms with van der Waals surface area (Å²) in [7, 11) is 0. The van der Waals surface area contributed by atoms with E-state index in [1.165, 1.54) is 12.5 Å². The van der Waals surface area contributed by atoms with E-state index >= 15 is 0 Å². The van der Waals surface area contributed by atoms with Crippen molar-refractivity contribution < 1.29 is 9.21 Å². The number of carbonyl (C=O) groups excluding carboxylic acids is 1. The summed E-state index contributed by atoms with van der Waals surface area (Å²) in [5.74, 6) is 0.322. The third-order valence-electron chi connectivity index (χ3n) is 1.94. The first-order valence-electron chi connectivity index (χ1n) is 4.52. The molecule has 0 bridgehead atoms. The van der Waals surface area contributed by atoms with Gasteiger partial charge < -0.3 is 9.73 Å². The molecule has 1 amide bonds. The molecule has 0 aromatic carbocycles. The fraction of sp³-hybridized carbons (Fsp3) is 0.0909. The number of nitrogens with one attached hydrogen (secondary N) is 1. The number of rotatable bonds is 2. The highest BCUT2D eigenvalue weighted by Crippen LogP contribution is 2.08. The number of anilines is 1. The summed E-state index contributed by atoms with van der Waals surface area (Å²) < 4.78 is 4.82. The van der Waals surface area contributed by atoms with E-state index in [1.807, 2.05) is 13.0 Å². The van der Waals surface area contributed by atoms with E-state index in [2.05, 4.69) is 10.3 Å². The summed E-state index contributed by atoms with van der Waals surface area (Å²) in [6.07, 6.45) is 4.50. The van der Waals surface area contributed by atoms with Crippen molar-refractivity contribution in [1.82, 2.24) is 4.98 Å². The third-order valence-corrected chi connectivity index (χ3v) is 1.94. The highest BCUT2D eigenvalue weighted by Gasteiger charge is 2.07. The Labute approximate surface area is 86.9 Å². The Bertz CT molecular complexity index is 463. The lowest BCUT2D eigenvalue weighted by atomic mass is 10.3. The van der Waals surface area contributed by atoms with Crippen LogP contribution >= 0.6 is 0 Å². The zero-order chi connectivity index (χ0) is 10.7. The van der Waals surface area contributed by atoms with E-state index in [9.17, 15) is 4.79 Å². The largest absolute Gasteiger partial charge is 0.472 e. The van der Waals surface area contributed by atoms with E-state index < -0.39 is 0 Å². The Morgan fingerprint density at radius 3 is 3.00 bits per heavy atom. The second-order valence-electron chi connectivity index (χ2n) is 3.18. The van der Waals surface area contributed by atoms with Crippen LogP contribution in [0.2, 0.25) is 0 Å². The Morgan fingerprint density at radius 1 is 1.47 bits per heavy atom. The van der Waals surface area contributed by atoms with E-state index in [0.29, 0.717) is 11.4 Å². The van der Waals surface area contributed by atoms with Crippen molar-refractivity contribution in [3.63, 3.8) is 0 Å². The monoisotopic (exact) mass is 202 g/mol. The average Bonchev–Trinajstić information content (AvgIpc) is 2.70. The molecule has 2 heterocycles. The topological polar surface area (TPSA) is 55.1 Å². The van der Waals surface area contributed by atoms with Crippen LogP contribution in [0.3, 0.4) is 0 Å². The van der Waals surface area contributed by atoms with E-state index in [0.717, 1.165) is 5.56 Å². The maximum Gasteiger partial charge on any atom is 0.260 e. The summed E-state index contributed by atoms with van der Waals surface area (Å²) in [5, 5.41) is 2.68. The third kappa shape index (κ3) is 2.22. The molecule has 76 valence electrons. The lowest BCUT2D eigenvalue weighted by Gasteiger charge is -2.02. The lowest BCUT2D eigenvalue weighted by molar-refractivity contribution is 0.102. The Kier molecular flexibility index (Phi) is 2.49. The van der Waals surface area contributed by atoms with Gasteiger partial charge in [-0.05, 0) is 30.7 Å². The Balaban J connectivity index is 2.13. The molecular weight excluding hydrogens is 192 g/mol. The van der Waals surface area contributed by atoms with Crippen molar-refractivity contribution in [2.75, 3.05) is 5.32 Å². The zero-order valence-electron chi connectivity index (χ0n) is 8.23. The van der Waals surface area contributed by atoms with Crippen LogP contribution in [0.15, 0.2) is 41.3 Å². The van der Waals surface area contributed by atoms with Crippen molar-refractivity contribution >= 4 is 11.7 Å². The van der Waals surface area contributed by atoms with E-state index in [1.54, 1.807) is 18.3 Å². The minimum atomic E-state index is -0.221. The molecule has 0 aliphatic rings. The standard InChI is InChI=1S/C11H10N2O2/c1-8-2-4-12-10(6-8)13-11(14)9-3-5-15-7-9/h2-7H,1H3,(H,12,13,14). The number of carbonyl (C=O) groups is 1. The molecule has 0 aliphatic heterocycles. The van der Waals surface area contributed by atoms with E-state index in [4.69, 9.17) is 4.42 Å². The van der Waals surface area contributed by atoms with Crippen LogP contribution in [-0.2, 0) is 0 Å². The summed E-state index contributed by atoms with van der Waals surface area (Å²) in [6, 6.07) is 5.27. The number of furan rings is 1. The smallest absolute Gasteiger partial charge is 0.260 e. The van der Waals surface area contributed by atoms with Gasteiger partial charge in [0.2, 0.25) is 0 Å². The number of amides is 1. The van der Waals surface area contributed by atoms with Gasteiger partial charge >= 0.3 is 0 Å². The molecule has 0 aliphatic carbocycles. The molecule has 0 saturated carbocycles. The number of hydrogen-bond acceptors (Lipinski definition) is 3. The van der Waals surface area contributed by atoms with Crippen LogP contribution in [0.25, 0.3) is 0 Å². The van der Waals surface area contributed by atoms with Gasteiger partial charge in [0.15, 0.2) is 0 Å². The first-order chi connectivity index (χ1) is 7.25. The highest BCUT2D eigenvalue weighted by atomic mass is 16.3. The summed E-state index contributed by atoms with van der Waals surface area (Å²) in [4.78, 5) is 15.6. The fourth-order valence-corrected chi connectivity index (χ4v) is 1.19. The van der Waals surface area contributed by atoms with Crippen molar-refractivity contribution in [3.05, 3.63) is 48.0 Å². The fourth-order valence-electron chi connectivity index (χ4n) is 1.19. The number of hydrogen-bond donors (Lipinski definition) is 1. The van der Waals surface area contributed by atoms with Crippen LogP contribution in [0.1, 0.15) is 15.9 Å². The highest BCUT2D eigenvalue weighted by molar-refractivity contribution is 6.03. The molecule has 0 atom stereocenters. The van der Waals surface area contributed by atoms with Crippen LogP contribution < -0.4 is 5.32 Å². The number of nitrogens with zero attached hydrogens (tertiary/aromatic N) is 1. The second kappa shape index (κ2) is 3.96. The van der Waals surface area contributed by atoms with Gasteiger partial charge in [0.1, 0.15) is 12.1 Å². The normalized spacial score (nSPS) is 9.93. The van der Waals surface area contributed by atoms with Crippen LogP contribution in [0.4, 0.5) is 5.82 Å². The van der Waals surface area contributed by atoms with Gasteiger partial charge in [-0.3, -0.25) is 4.79 Å². The minimum Gasteiger partial charge on any atom is -0.472 e. The molecule has 2 aromatic rings. The first kappa shape index (κ1) is 9.45. The molecule has 0 spiro atoms. The van der Waals surface area contributed by atoms with Crippen LogP contribution in [-0.4, -0.2) is 10.9 Å². The SMILES string of the molecule is Cc1ccnc(NC(=O)c2ccoc2)c1. The number of aryl methyl sites for hydroxylation is 1. The molecule has 0 fully saturated rings. The minimum absolute atomic E-state index is 0.221. The lowest BCUT2D eigenvalue weighted by Crippen LogP contribution is -2.11. The van der Waals surface area contributed by atoms with Crippen molar-refractivity contribution in [2.45, 2.75) is 6.92 Å². The maximum atomic E-state index is 11.6. The van der Waals surface area contributed by atoms with E-state index in [-0.39, 0.29) is 5.91 Å². The zero-order valence-corrected chi connectivity index (χ0v) is 8.23. The molecule has 1 N–H and O–H groups in total. The van der Waals surface area contributed by atoms with Gasteiger partial charge in [-0.2, -0.15) is 0 Å². The van der Waals surface area contributed by atoms with Crippen LogP contribution in [0, 0.1) is 6.92 Å². The predicted octanol–water partition coefficient (Wildman–Crippen LogP) is 2.24. The molecule has 0 saturated heterocycles. The van der Waals surface area contributed by atoms with Gasteiger partial charge in [-0.25, -0.2) is 4.98 Å². The summed E-state index contributed by atoms with van der Waals surface area (Å²) in [5.41, 5.74) is 1.53. The number of aromatic nitrogens is 1. The molecule has 0 radical (unpaired) electrons. The average molecular weight is 202 g/mol. The Morgan fingerprint density at radius 2 is 2.33 bits per heavy atom. The number of pyridine rings is 1. The molecule has 2 aromatic heterocycles. The summed E-state index contributed by atoms with van der Waals surface area (Å²) in [6.45, 7) is 1.94. The Hall–Kier alpha value is -2.10. The van der Waals surface area contributed by atoms with Gasteiger partial charge in [0.25, 0.3) is 5.91 Å². The molecule has 4 nitrogen and oxygen atoms in total. The maximum absolute atomic E-state index is 11.6. The second-order valence-corrected chi connectivity index (χ2v) is 3.18. The van der Waals surface area contributed by atoms with Gasteiger partial charge in [-0.1, -0.05) is 0 Å². The van der Waals surface area contributed by atoms with Gasteiger partial charge in [-0.15, -0.1) is 0 Å². The van der Waals surface area contributed by atoms with Crippen LogP contribution in [0.5, 0.6) is 0 Å². The molecule has 4 heteroatoms.